The van der Waals surface area contributed by atoms with Gasteiger partial charge >= 0.3 is 0 Å². The molecule has 0 atom stereocenters. The number of anilines is 1. The molecule has 1 aromatic rings. The van der Waals surface area contributed by atoms with Crippen molar-refractivity contribution >= 4 is 42.3 Å². The largest absolute Gasteiger partial charge is 0.399 e. The van der Waals surface area contributed by atoms with Crippen molar-refractivity contribution < 1.29 is 9.59 Å². The first-order valence-electron chi connectivity index (χ1n) is 9.20. The van der Waals surface area contributed by atoms with Crippen LogP contribution in [0.15, 0.2) is 24.3 Å². The normalized spacial score (nSPS) is 14.6. The maximum atomic E-state index is 12.1. The summed E-state index contributed by atoms with van der Waals surface area (Å²) >= 11 is 0. The molecule has 154 valence electrons. The molecule has 1 heterocycles. The smallest absolute Gasteiger partial charge is 0.234 e. The molecule has 2 amide bonds. The molecule has 4 N–H and O–H groups in total. The number of piperidine rings is 1. The van der Waals surface area contributed by atoms with Crippen LogP contribution in [0.1, 0.15) is 38.2 Å². The molecule has 0 aliphatic carbocycles. The first-order valence-corrected chi connectivity index (χ1v) is 9.20. The molecule has 1 aromatic carbocycles. The van der Waals surface area contributed by atoms with Crippen molar-refractivity contribution in [3.05, 3.63) is 29.8 Å². The third kappa shape index (κ3) is 9.31. The molecular formula is C19H32Cl2N4O2. The molecule has 0 spiro atoms. The Labute approximate surface area is 174 Å². The first-order chi connectivity index (χ1) is 12.1. The van der Waals surface area contributed by atoms with Crippen molar-refractivity contribution in [1.29, 1.82) is 0 Å². The van der Waals surface area contributed by atoms with Crippen LogP contribution in [0.4, 0.5) is 5.69 Å². The monoisotopic (exact) mass is 418 g/mol. The van der Waals surface area contributed by atoms with Crippen LogP contribution < -0.4 is 16.4 Å². The van der Waals surface area contributed by atoms with Crippen LogP contribution in [-0.4, -0.2) is 48.9 Å². The summed E-state index contributed by atoms with van der Waals surface area (Å²) in [6.45, 7) is 4.91. The van der Waals surface area contributed by atoms with Gasteiger partial charge < -0.3 is 16.4 Å². The highest BCUT2D eigenvalue weighted by molar-refractivity contribution is 5.85. The number of hydrogen-bond donors (Lipinski definition) is 3. The number of aryl methyl sites for hydroxylation is 1. The van der Waals surface area contributed by atoms with E-state index in [0.29, 0.717) is 19.4 Å². The molecule has 2 rings (SSSR count). The molecule has 0 saturated carbocycles. The molecule has 0 radical (unpaired) electrons. The summed E-state index contributed by atoms with van der Waals surface area (Å²) in [6, 6.07) is 7.87. The number of halogens is 2. The van der Waals surface area contributed by atoms with Gasteiger partial charge in [0.05, 0.1) is 6.54 Å². The van der Waals surface area contributed by atoms with E-state index in [0.717, 1.165) is 50.1 Å². The fourth-order valence-corrected chi connectivity index (χ4v) is 3.07. The number of rotatable bonds is 8. The van der Waals surface area contributed by atoms with E-state index < -0.39 is 0 Å². The van der Waals surface area contributed by atoms with Crippen LogP contribution >= 0.6 is 24.8 Å². The molecule has 6 nitrogen and oxygen atoms in total. The number of likely N-dealkylation sites (tertiary alicyclic amines) is 1. The number of nitrogens with two attached hydrogens (primary N) is 1. The van der Waals surface area contributed by atoms with Crippen LogP contribution in [0.2, 0.25) is 0 Å². The molecule has 0 aromatic heterocycles. The summed E-state index contributed by atoms with van der Waals surface area (Å²) < 4.78 is 0. The molecular weight excluding hydrogens is 387 g/mol. The minimum Gasteiger partial charge on any atom is -0.399 e. The number of hydrogen-bond acceptors (Lipinski definition) is 4. The van der Waals surface area contributed by atoms with Gasteiger partial charge in [-0.15, -0.1) is 24.8 Å². The maximum absolute atomic E-state index is 12.1. The van der Waals surface area contributed by atoms with Crippen LogP contribution in [0, 0.1) is 0 Å². The van der Waals surface area contributed by atoms with Crippen LogP contribution in [-0.2, 0) is 16.0 Å². The van der Waals surface area contributed by atoms with Crippen molar-refractivity contribution in [2.24, 2.45) is 0 Å². The van der Waals surface area contributed by atoms with Crippen LogP contribution in [0.5, 0.6) is 0 Å². The van der Waals surface area contributed by atoms with E-state index in [-0.39, 0.29) is 42.7 Å². The van der Waals surface area contributed by atoms with Crippen molar-refractivity contribution in [2.75, 3.05) is 31.9 Å². The van der Waals surface area contributed by atoms with Gasteiger partial charge in [0.2, 0.25) is 11.8 Å². The van der Waals surface area contributed by atoms with E-state index in [2.05, 4.69) is 15.5 Å². The Bertz CT molecular complexity index is 579. The van der Waals surface area contributed by atoms with Crippen LogP contribution in [0.25, 0.3) is 0 Å². The van der Waals surface area contributed by atoms with Gasteiger partial charge in [-0.05, 0) is 37.3 Å². The number of para-hydroxylation sites is 1. The Morgan fingerprint density at radius 2 is 1.81 bits per heavy atom. The Morgan fingerprint density at radius 3 is 2.44 bits per heavy atom. The lowest BCUT2D eigenvalue weighted by molar-refractivity contribution is -0.124. The first kappa shape index (κ1) is 25.5. The molecule has 1 aliphatic rings. The summed E-state index contributed by atoms with van der Waals surface area (Å²) in [4.78, 5) is 26.0. The standard InChI is InChI=1S/C19H30N4O2.2ClH/c1-2-11-21-19(25)14-23-12-9-16(10-13-23)22-18(24)8-7-15-5-3-4-6-17(15)20;;/h3-6,16H,2,7-14,20H2,1H3,(H,21,25)(H,22,24);2*1H. The Kier molecular flexibility index (Phi) is 12.9. The molecule has 1 aliphatic heterocycles. The average molecular weight is 419 g/mol. The fraction of sp³-hybridized carbons (Fsp3) is 0.579. The summed E-state index contributed by atoms with van der Waals surface area (Å²) in [5, 5.41) is 6.01. The summed E-state index contributed by atoms with van der Waals surface area (Å²) in [6.07, 6.45) is 3.85. The van der Waals surface area contributed by atoms with Gasteiger partial charge in [0.25, 0.3) is 0 Å². The number of nitrogen functional groups attached to an aromatic ring is 1. The van der Waals surface area contributed by atoms with Gasteiger partial charge in [0.1, 0.15) is 0 Å². The van der Waals surface area contributed by atoms with Crippen molar-refractivity contribution in [3.8, 4) is 0 Å². The highest BCUT2D eigenvalue weighted by Gasteiger charge is 2.21. The molecule has 8 heteroatoms. The molecule has 1 fully saturated rings. The molecule has 0 unspecified atom stereocenters. The number of nitrogens with zero attached hydrogens (tertiary/aromatic N) is 1. The topological polar surface area (TPSA) is 87.5 Å². The third-order valence-electron chi connectivity index (χ3n) is 4.57. The van der Waals surface area contributed by atoms with Gasteiger partial charge in [-0.1, -0.05) is 25.1 Å². The van der Waals surface area contributed by atoms with E-state index in [4.69, 9.17) is 5.73 Å². The lowest BCUT2D eigenvalue weighted by Gasteiger charge is -2.31. The Morgan fingerprint density at radius 1 is 1.15 bits per heavy atom. The summed E-state index contributed by atoms with van der Waals surface area (Å²) in [7, 11) is 0. The number of carbonyl (C=O) groups excluding carboxylic acids is 2. The van der Waals surface area contributed by atoms with E-state index in [1.165, 1.54) is 0 Å². The molecule has 27 heavy (non-hydrogen) atoms. The van der Waals surface area contributed by atoms with Crippen molar-refractivity contribution in [3.63, 3.8) is 0 Å². The van der Waals surface area contributed by atoms with Gasteiger partial charge in [0, 0.05) is 37.8 Å². The zero-order valence-electron chi connectivity index (χ0n) is 15.9. The summed E-state index contributed by atoms with van der Waals surface area (Å²) in [5.41, 5.74) is 7.67. The summed E-state index contributed by atoms with van der Waals surface area (Å²) in [5.74, 6) is 0.159. The van der Waals surface area contributed by atoms with Crippen molar-refractivity contribution in [1.82, 2.24) is 15.5 Å². The minimum atomic E-state index is 0. The van der Waals surface area contributed by atoms with Gasteiger partial charge in [0.15, 0.2) is 0 Å². The lowest BCUT2D eigenvalue weighted by Crippen LogP contribution is -2.47. The predicted molar refractivity (Wildman–Crippen MR) is 115 cm³/mol. The van der Waals surface area contributed by atoms with E-state index in [1.54, 1.807) is 0 Å². The second-order valence-electron chi connectivity index (χ2n) is 6.67. The van der Waals surface area contributed by atoms with E-state index in [9.17, 15) is 9.59 Å². The lowest BCUT2D eigenvalue weighted by atomic mass is 10.0. The quantitative estimate of drug-likeness (QED) is 0.564. The second-order valence-corrected chi connectivity index (χ2v) is 6.67. The van der Waals surface area contributed by atoms with Gasteiger partial charge in [-0.2, -0.15) is 0 Å². The SMILES string of the molecule is CCCNC(=O)CN1CCC(NC(=O)CCc2ccccc2N)CC1.Cl.Cl. The maximum Gasteiger partial charge on any atom is 0.234 e. The molecule has 1 saturated heterocycles. The van der Waals surface area contributed by atoms with Gasteiger partial charge in [-0.25, -0.2) is 0 Å². The van der Waals surface area contributed by atoms with Crippen LogP contribution in [0.3, 0.4) is 0 Å². The zero-order chi connectivity index (χ0) is 18.1. The molecule has 0 bridgehead atoms. The van der Waals surface area contributed by atoms with E-state index in [1.807, 2.05) is 31.2 Å². The third-order valence-corrected chi connectivity index (χ3v) is 4.57. The second kappa shape index (κ2) is 13.6. The number of carbonyl (C=O) groups is 2. The average Bonchev–Trinajstić information content (AvgIpc) is 2.61. The number of nitrogens with one attached hydrogen (secondary N) is 2. The Hall–Kier alpha value is -1.50. The number of amides is 2. The predicted octanol–water partition coefficient (Wildman–Crippen LogP) is 2.15. The Balaban J connectivity index is 0.00000338. The van der Waals surface area contributed by atoms with Crippen molar-refractivity contribution in [2.45, 2.75) is 45.1 Å². The fourth-order valence-electron chi connectivity index (χ4n) is 3.07. The number of benzene rings is 1. The highest BCUT2D eigenvalue weighted by Crippen LogP contribution is 2.14. The van der Waals surface area contributed by atoms with E-state index >= 15 is 0 Å². The highest BCUT2D eigenvalue weighted by atomic mass is 35.5. The zero-order valence-corrected chi connectivity index (χ0v) is 17.5. The van der Waals surface area contributed by atoms with Gasteiger partial charge in [-0.3, -0.25) is 14.5 Å². The minimum absolute atomic E-state index is 0.